The van der Waals surface area contributed by atoms with Gasteiger partial charge in [-0.25, -0.2) is 0 Å². The van der Waals surface area contributed by atoms with E-state index in [1.165, 1.54) is 0 Å². The number of halogens is 1. The van der Waals surface area contributed by atoms with E-state index >= 15 is 0 Å². The number of hydrogen-bond acceptors (Lipinski definition) is 2. The van der Waals surface area contributed by atoms with E-state index in [2.05, 4.69) is 15.9 Å². The SMILES string of the molecule is Cc1ccc(C#N)cc1C(=O)CCBr. The Bertz CT molecular complexity index is 393. The molecule has 0 N–H and O–H groups in total. The second-order valence-corrected chi connectivity index (χ2v) is 3.80. The fourth-order valence-corrected chi connectivity index (χ4v) is 1.57. The van der Waals surface area contributed by atoms with Gasteiger partial charge in [0.25, 0.3) is 0 Å². The molecule has 0 spiro atoms. The third-order valence-electron chi connectivity index (χ3n) is 1.99. The summed E-state index contributed by atoms with van der Waals surface area (Å²) >= 11 is 3.22. The monoisotopic (exact) mass is 251 g/mol. The lowest BCUT2D eigenvalue weighted by molar-refractivity contribution is 0.0989. The molecule has 0 atom stereocenters. The van der Waals surface area contributed by atoms with E-state index in [1.54, 1.807) is 18.2 Å². The molecule has 0 bridgehead atoms. The molecule has 0 fully saturated rings. The highest BCUT2D eigenvalue weighted by atomic mass is 79.9. The third-order valence-corrected chi connectivity index (χ3v) is 2.39. The lowest BCUT2D eigenvalue weighted by Gasteiger charge is -2.03. The van der Waals surface area contributed by atoms with E-state index in [0.717, 1.165) is 5.56 Å². The van der Waals surface area contributed by atoms with Crippen molar-refractivity contribution in [2.45, 2.75) is 13.3 Å². The van der Waals surface area contributed by atoms with Crippen molar-refractivity contribution in [1.29, 1.82) is 5.26 Å². The van der Waals surface area contributed by atoms with Crippen LogP contribution in [-0.4, -0.2) is 11.1 Å². The first-order valence-corrected chi connectivity index (χ1v) is 5.41. The van der Waals surface area contributed by atoms with Crippen LogP contribution in [0.4, 0.5) is 0 Å². The number of aryl methyl sites for hydroxylation is 1. The number of hydrogen-bond donors (Lipinski definition) is 0. The summed E-state index contributed by atoms with van der Waals surface area (Å²) < 4.78 is 0. The minimum absolute atomic E-state index is 0.0801. The van der Waals surface area contributed by atoms with Gasteiger partial charge in [-0.1, -0.05) is 22.0 Å². The van der Waals surface area contributed by atoms with Crippen molar-refractivity contribution in [2.75, 3.05) is 5.33 Å². The van der Waals surface area contributed by atoms with E-state index in [-0.39, 0.29) is 5.78 Å². The number of carbonyl (C=O) groups excluding carboxylic acids is 1. The lowest BCUT2D eigenvalue weighted by atomic mass is 10.0. The van der Waals surface area contributed by atoms with Gasteiger partial charge in [0, 0.05) is 17.3 Å². The Balaban J connectivity index is 3.07. The normalized spacial score (nSPS) is 9.50. The Morgan fingerprint density at radius 1 is 1.57 bits per heavy atom. The summed E-state index contributed by atoms with van der Waals surface area (Å²) in [4.78, 5) is 11.6. The van der Waals surface area contributed by atoms with Gasteiger partial charge in [0.2, 0.25) is 0 Å². The molecule has 0 aliphatic heterocycles. The molecule has 0 aliphatic rings. The third kappa shape index (κ3) is 2.43. The second kappa shape index (κ2) is 4.92. The van der Waals surface area contributed by atoms with Gasteiger partial charge in [-0.05, 0) is 24.6 Å². The molecule has 14 heavy (non-hydrogen) atoms. The molecule has 0 aliphatic carbocycles. The average Bonchev–Trinajstić information content (AvgIpc) is 2.19. The van der Waals surface area contributed by atoms with Crippen molar-refractivity contribution >= 4 is 21.7 Å². The first-order chi connectivity index (χ1) is 6.69. The minimum atomic E-state index is 0.0801. The highest BCUT2D eigenvalue weighted by molar-refractivity contribution is 9.09. The van der Waals surface area contributed by atoms with Gasteiger partial charge >= 0.3 is 0 Å². The van der Waals surface area contributed by atoms with Crippen LogP contribution in [0.2, 0.25) is 0 Å². The zero-order chi connectivity index (χ0) is 10.6. The predicted octanol–water partition coefficient (Wildman–Crippen LogP) is 2.83. The van der Waals surface area contributed by atoms with Crippen LogP contribution in [0.25, 0.3) is 0 Å². The number of nitriles is 1. The highest BCUT2D eigenvalue weighted by Crippen LogP contribution is 2.13. The summed E-state index contributed by atoms with van der Waals surface area (Å²) in [5.74, 6) is 0.0801. The molecule has 1 rings (SSSR count). The van der Waals surface area contributed by atoms with Crippen LogP contribution < -0.4 is 0 Å². The van der Waals surface area contributed by atoms with E-state index in [1.807, 2.05) is 13.0 Å². The molecule has 0 amide bonds. The Hall–Kier alpha value is -1.14. The number of Topliss-reactive ketones (excluding diaryl/α,β-unsaturated/α-hetero) is 1. The molecule has 0 heterocycles. The Labute approximate surface area is 91.7 Å². The molecule has 0 aromatic heterocycles. The van der Waals surface area contributed by atoms with E-state index in [4.69, 9.17) is 5.26 Å². The van der Waals surface area contributed by atoms with Crippen molar-refractivity contribution in [1.82, 2.24) is 0 Å². The molecule has 0 radical (unpaired) electrons. The number of rotatable bonds is 3. The van der Waals surface area contributed by atoms with Crippen LogP contribution in [0, 0.1) is 18.3 Å². The smallest absolute Gasteiger partial charge is 0.164 e. The summed E-state index contributed by atoms with van der Waals surface area (Å²) in [7, 11) is 0. The molecular weight excluding hydrogens is 242 g/mol. The van der Waals surface area contributed by atoms with Gasteiger partial charge in [0.1, 0.15) is 0 Å². The van der Waals surface area contributed by atoms with Crippen LogP contribution in [0.15, 0.2) is 18.2 Å². The fourth-order valence-electron chi connectivity index (χ4n) is 1.21. The average molecular weight is 252 g/mol. The zero-order valence-corrected chi connectivity index (χ0v) is 9.47. The standard InChI is InChI=1S/C11H10BrNO/c1-8-2-3-9(7-13)6-10(8)11(14)4-5-12/h2-3,6H,4-5H2,1H3. The first kappa shape index (κ1) is 10.9. The van der Waals surface area contributed by atoms with Crippen molar-refractivity contribution in [3.05, 3.63) is 34.9 Å². The fraction of sp³-hybridized carbons (Fsp3) is 0.273. The van der Waals surface area contributed by atoms with E-state index in [0.29, 0.717) is 22.9 Å². The molecular formula is C11H10BrNO. The number of benzene rings is 1. The van der Waals surface area contributed by atoms with Crippen LogP contribution in [0.1, 0.15) is 27.9 Å². The van der Waals surface area contributed by atoms with Gasteiger partial charge < -0.3 is 0 Å². The maximum atomic E-state index is 11.6. The summed E-state index contributed by atoms with van der Waals surface area (Å²) in [6.45, 7) is 1.88. The molecule has 1 aromatic carbocycles. The maximum absolute atomic E-state index is 11.6. The largest absolute Gasteiger partial charge is 0.294 e. The van der Waals surface area contributed by atoms with Crippen molar-refractivity contribution in [2.24, 2.45) is 0 Å². The van der Waals surface area contributed by atoms with Crippen LogP contribution in [0.5, 0.6) is 0 Å². The van der Waals surface area contributed by atoms with Gasteiger partial charge in [0.05, 0.1) is 11.6 Å². The number of ketones is 1. The Morgan fingerprint density at radius 2 is 2.29 bits per heavy atom. The lowest BCUT2D eigenvalue weighted by Crippen LogP contribution is -2.02. The van der Waals surface area contributed by atoms with Crippen molar-refractivity contribution < 1.29 is 4.79 Å². The molecule has 0 saturated heterocycles. The predicted molar refractivity (Wildman–Crippen MR) is 58.6 cm³/mol. The Kier molecular flexibility index (Phi) is 3.84. The topological polar surface area (TPSA) is 40.9 Å². The highest BCUT2D eigenvalue weighted by Gasteiger charge is 2.08. The Morgan fingerprint density at radius 3 is 2.86 bits per heavy atom. The summed E-state index contributed by atoms with van der Waals surface area (Å²) in [5.41, 5.74) is 2.12. The number of nitrogens with zero attached hydrogens (tertiary/aromatic N) is 1. The quantitative estimate of drug-likeness (QED) is 0.613. The minimum Gasteiger partial charge on any atom is -0.294 e. The zero-order valence-electron chi connectivity index (χ0n) is 7.88. The van der Waals surface area contributed by atoms with Crippen LogP contribution in [-0.2, 0) is 0 Å². The van der Waals surface area contributed by atoms with Gasteiger partial charge in [-0.2, -0.15) is 5.26 Å². The summed E-state index contributed by atoms with van der Waals surface area (Å²) in [6, 6.07) is 7.21. The van der Waals surface area contributed by atoms with Gasteiger partial charge in [0.15, 0.2) is 5.78 Å². The molecule has 0 unspecified atom stereocenters. The molecule has 2 nitrogen and oxygen atoms in total. The molecule has 0 saturated carbocycles. The second-order valence-electron chi connectivity index (χ2n) is 3.00. The van der Waals surface area contributed by atoms with E-state index < -0.39 is 0 Å². The van der Waals surface area contributed by atoms with Crippen molar-refractivity contribution in [3.8, 4) is 6.07 Å². The maximum Gasteiger partial charge on any atom is 0.164 e. The van der Waals surface area contributed by atoms with Gasteiger partial charge in [-0.15, -0.1) is 0 Å². The molecule has 1 aromatic rings. The summed E-state index contributed by atoms with van der Waals surface area (Å²) in [6.07, 6.45) is 0.468. The van der Waals surface area contributed by atoms with Crippen molar-refractivity contribution in [3.63, 3.8) is 0 Å². The van der Waals surface area contributed by atoms with Crippen LogP contribution in [0.3, 0.4) is 0 Å². The van der Waals surface area contributed by atoms with Crippen LogP contribution >= 0.6 is 15.9 Å². The first-order valence-electron chi connectivity index (χ1n) is 4.29. The molecule has 72 valence electrons. The van der Waals surface area contributed by atoms with Gasteiger partial charge in [-0.3, -0.25) is 4.79 Å². The van der Waals surface area contributed by atoms with E-state index in [9.17, 15) is 4.79 Å². The molecule has 3 heteroatoms. The summed E-state index contributed by atoms with van der Waals surface area (Å²) in [5, 5.41) is 9.35. The number of alkyl halides is 1. The number of carbonyl (C=O) groups is 1.